The Morgan fingerprint density at radius 2 is 2.32 bits per heavy atom. The van der Waals surface area contributed by atoms with Gasteiger partial charge in [-0.25, -0.2) is 4.39 Å². The maximum atomic E-state index is 13.4. The summed E-state index contributed by atoms with van der Waals surface area (Å²) in [4.78, 5) is 11.6. The molecular formula is C14H15BrFNO2. The van der Waals surface area contributed by atoms with E-state index >= 15 is 0 Å². The number of carbonyl (C=O) groups excluding carboxylic acids is 1. The number of carbonyl (C=O) groups is 1. The van der Waals surface area contributed by atoms with Crippen LogP contribution in [-0.4, -0.2) is 25.7 Å². The molecule has 1 heterocycles. The quantitative estimate of drug-likeness (QED) is 0.863. The van der Waals surface area contributed by atoms with Gasteiger partial charge in [0.25, 0.3) is 0 Å². The molecule has 1 fully saturated rings. The zero-order valence-electron chi connectivity index (χ0n) is 10.6. The summed E-state index contributed by atoms with van der Waals surface area (Å²) in [6.45, 7) is 3.94. The molecule has 0 radical (unpaired) electrons. The first kappa shape index (κ1) is 14.2. The van der Waals surface area contributed by atoms with Crippen molar-refractivity contribution in [2.24, 2.45) is 5.41 Å². The molecule has 102 valence electrons. The van der Waals surface area contributed by atoms with Crippen LogP contribution in [0.4, 0.5) is 4.39 Å². The van der Waals surface area contributed by atoms with Crippen LogP contribution < -0.4 is 5.32 Å². The molecule has 1 aliphatic rings. The van der Waals surface area contributed by atoms with Crippen LogP contribution in [0.2, 0.25) is 0 Å². The molecule has 0 saturated carbocycles. The van der Waals surface area contributed by atoms with Crippen molar-refractivity contribution in [2.45, 2.75) is 6.92 Å². The van der Waals surface area contributed by atoms with Crippen molar-refractivity contribution in [1.82, 2.24) is 5.32 Å². The highest BCUT2D eigenvalue weighted by molar-refractivity contribution is 9.10. The lowest BCUT2D eigenvalue weighted by Gasteiger charge is -2.37. The summed E-state index contributed by atoms with van der Waals surface area (Å²) >= 11 is 3.26. The van der Waals surface area contributed by atoms with Gasteiger partial charge in [-0.3, -0.25) is 4.79 Å². The summed E-state index contributed by atoms with van der Waals surface area (Å²) in [5, 5.41) is 2.79. The van der Waals surface area contributed by atoms with Gasteiger partial charge in [-0.1, -0.05) is 22.9 Å². The Hall–Kier alpha value is -1.20. The Morgan fingerprint density at radius 1 is 1.58 bits per heavy atom. The van der Waals surface area contributed by atoms with E-state index in [1.807, 2.05) is 0 Å². The maximum absolute atomic E-state index is 13.4. The molecule has 0 atom stereocenters. The van der Waals surface area contributed by atoms with Gasteiger partial charge in [-0.05, 0) is 24.3 Å². The Bertz CT molecular complexity index is 512. The fraction of sp³-hybridized carbons (Fsp3) is 0.357. The summed E-state index contributed by atoms with van der Waals surface area (Å²) in [5.41, 5.74) is 0.410. The van der Waals surface area contributed by atoms with E-state index in [1.165, 1.54) is 18.2 Å². The summed E-state index contributed by atoms with van der Waals surface area (Å²) in [5.74, 6) is -0.584. The van der Waals surface area contributed by atoms with Gasteiger partial charge >= 0.3 is 0 Å². The third-order valence-electron chi connectivity index (χ3n) is 2.96. The van der Waals surface area contributed by atoms with E-state index in [9.17, 15) is 9.18 Å². The number of halogens is 2. The smallest absolute Gasteiger partial charge is 0.244 e. The predicted molar refractivity (Wildman–Crippen MR) is 75.1 cm³/mol. The minimum absolute atomic E-state index is 0.0323. The van der Waals surface area contributed by atoms with Gasteiger partial charge in [0.2, 0.25) is 5.91 Å². The van der Waals surface area contributed by atoms with Crippen molar-refractivity contribution in [2.75, 3.05) is 19.8 Å². The number of hydrogen-bond acceptors (Lipinski definition) is 2. The van der Waals surface area contributed by atoms with Crippen molar-refractivity contribution in [1.29, 1.82) is 0 Å². The molecule has 1 aromatic carbocycles. The van der Waals surface area contributed by atoms with Crippen LogP contribution in [0.1, 0.15) is 12.5 Å². The Balaban J connectivity index is 1.90. The van der Waals surface area contributed by atoms with E-state index in [0.29, 0.717) is 25.3 Å². The standard InChI is InChI=1S/C14H15BrFNO2/c1-14(8-19-9-14)7-17-13(18)5-2-10-6-11(15)3-4-12(10)16/h2-6H,7-9H2,1H3,(H,17,18). The van der Waals surface area contributed by atoms with E-state index in [0.717, 1.165) is 4.47 Å². The zero-order chi connectivity index (χ0) is 13.9. The molecule has 1 saturated heterocycles. The van der Waals surface area contributed by atoms with E-state index in [2.05, 4.69) is 28.2 Å². The molecule has 5 heteroatoms. The van der Waals surface area contributed by atoms with Crippen LogP contribution in [0.15, 0.2) is 28.7 Å². The summed E-state index contributed by atoms with van der Waals surface area (Å²) in [6, 6.07) is 4.60. The fourth-order valence-electron chi connectivity index (χ4n) is 1.72. The SMILES string of the molecule is CC1(CNC(=O)C=Cc2cc(Br)ccc2F)COC1. The van der Waals surface area contributed by atoms with E-state index < -0.39 is 0 Å². The summed E-state index contributed by atoms with van der Waals surface area (Å²) in [7, 11) is 0. The molecule has 0 spiro atoms. The van der Waals surface area contributed by atoms with Gasteiger partial charge in [0, 0.05) is 28.1 Å². The fourth-order valence-corrected chi connectivity index (χ4v) is 2.10. The number of amides is 1. The lowest BCUT2D eigenvalue weighted by molar-refractivity contribution is -0.122. The van der Waals surface area contributed by atoms with E-state index in [1.54, 1.807) is 12.1 Å². The van der Waals surface area contributed by atoms with E-state index in [4.69, 9.17) is 4.74 Å². The minimum atomic E-state index is -0.355. The molecule has 0 bridgehead atoms. The van der Waals surface area contributed by atoms with Gasteiger partial charge in [0.1, 0.15) is 5.82 Å². The van der Waals surface area contributed by atoms with Crippen molar-refractivity contribution >= 4 is 27.9 Å². The maximum Gasteiger partial charge on any atom is 0.244 e. The molecule has 2 rings (SSSR count). The molecule has 0 unspecified atom stereocenters. The van der Waals surface area contributed by atoms with Gasteiger partial charge in [-0.15, -0.1) is 0 Å². The topological polar surface area (TPSA) is 38.3 Å². The molecule has 0 aromatic heterocycles. The highest BCUT2D eigenvalue weighted by atomic mass is 79.9. The van der Waals surface area contributed by atoms with Crippen molar-refractivity contribution < 1.29 is 13.9 Å². The first-order valence-corrected chi connectivity index (χ1v) is 6.77. The van der Waals surface area contributed by atoms with Crippen molar-refractivity contribution in [3.63, 3.8) is 0 Å². The van der Waals surface area contributed by atoms with Crippen LogP contribution in [0.3, 0.4) is 0 Å². The Labute approximate surface area is 120 Å². The third-order valence-corrected chi connectivity index (χ3v) is 3.46. The van der Waals surface area contributed by atoms with Gasteiger partial charge < -0.3 is 10.1 Å². The molecule has 0 aliphatic carbocycles. The average Bonchev–Trinajstić information content (AvgIpc) is 2.35. The Morgan fingerprint density at radius 3 is 2.95 bits per heavy atom. The lowest BCUT2D eigenvalue weighted by Crippen LogP contribution is -2.48. The minimum Gasteiger partial charge on any atom is -0.380 e. The summed E-state index contributed by atoms with van der Waals surface area (Å²) in [6.07, 6.45) is 2.81. The number of ether oxygens (including phenoxy) is 1. The van der Waals surface area contributed by atoms with Crippen LogP contribution in [0, 0.1) is 11.2 Å². The van der Waals surface area contributed by atoms with Gasteiger partial charge in [0.15, 0.2) is 0 Å². The summed E-state index contributed by atoms with van der Waals surface area (Å²) < 4.78 is 19.3. The Kier molecular flexibility index (Phi) is 4.37. The monoisotopic (exact) mass is 327 g/mol. The van der Waals surface area contributed by atoms with E-state index in [-0.39, 0.29) is 17.1 Å². The second-order valence-electron chi connectivity index (χ2n) is 5.02. The third kappa shape index (κ3) is 3.88. The number of nitrogens with one attached hydrogen (secondary N) is 1. The van der Waals surface area contributed by atoms with Crippen molar-refractivity contribution in [3.05, 3.63) is 40.1 Å². The second-order valence-corrected chi connectivity index (χ2v) is 5.94. The normalized spacial score (nSPS) is 17.2. The predicted octanol–water partition coefficient (Wildman–Crippen LogP) is 2.75. The largest absolute Gasteiger partial charge is 0.380 e. The molecule has 1 amide bonds. The second kappa shape index (κ2) is 5.84. The van der Waals surface area contributed by atoms with Crippen LogP contribution in [-0.2, 0) is 9.53 Å². The van der Waals surface area contributed by atoms with Gasteiger partial charge in [0.05, 0.1) is 13.2 Å². The molecule has 1 aliphatic heterocycles. The number of rotatable bonds is 4. The van der Waals surface area contributed by atoms with Crippen LogP contribution in [0.5, 0.6) is 0 Å². The molecular weight excluding hydrogens is 313 g/mol. The molecule has 3 nitrogen and oxygen atoms in total. The molecule has 1 N–H and O–H groups in total. The zero-order valence-corrected chi connectivity index (χ0v) is 12.2. The van der Waals surface area contributed by atoms with Crippen LogP contribution >= 0.6 is 15.9 Å². The molecule has 1 aromatic rings. The first-order chi connectivity index (χ1) is 8.98. The van der Waals surface area contributed by atoms with Crippen LogP contribution in [0.25, 0.3) is 6.08 Å². The highest BCUT2D eigenvalue weighted by Gasteiger charge is 2.33. The number of hydrogen-bond donors (Lipinski definition) is 1. The first-order valence-electron chi connectivity index (χ1n) is 5.97. The number of benzene rings is 1. The average molecular weight is 328 g/mol. The lowest BCUT2D eigenvalue weighted by atomic mass is 9.89. The van der Waals surface area contributed by atoms with Gasteiger partial charge in [-0.2, -0.15) is 0 Å². The highest BCUT2D eigenvalue weighted by Crippen LogP contribution is 2.25. The van der Waals surface area contributed by atoms with Crippen molar-refractivity contribution in [3.8, 4) is 0 Å². The molecule has 19 heavy (non-hydrogen) atoms.